The third-order valence-corrected chi connectivity index (χ3v) is 2.89. The number of hydrogen-bond donors (Lipinski definition) is 3. The largest absolute Gasteiger partial charge is 0.506 e. The van der Waals surface area contributed by atoms with Crippen LogP contribution in [0, 0.1) is 0 Å². The lowest BCUT2D eigenvalue weighted by atomic mass is 10.3. The van der Waals surface area contributed by atoms with Gasteiger partial charge in [0.25, 0.3) is 0 Å². The number of halogens is 1. The highest BCUT2D eigenvalue weighted by molar-refractivity contribution is 6.32. The van der Waals surface area contributed by atoms with Crippen LogP contribution in [0.1, 0.15) is 16.2 Å². The summed E-state index contributed by atoms with van der Waals surface area (Å²) in [6, 6.07) is 8.31. The van der Waals surface area contributed by atoms with Gasteiger partial charge in [0, 0.05) is 11.4 Å². The van der Waals surface area contributed by atoms with E-state index >= 15 is 0 Å². The molecular formula is C13H13ClN2O3. The van der Waals surface area contributed by atoms with Gasteiger partial charge >= 0.3 is 5.97 Å². The Balaban J connectivity index is 2.00. The first kappa shape index (κ1) is 13.3. The van der Waals surface area contributed by atoms with Gasteiger partial charge in [0.15, 0.2) is 0 Å². The molecule has 2 rings (SSSR count). The van der Waals surface area contributed by atoms with E-state index in [0.29, 0.717) is 12.2 Å². The SMILES string of the molecule is COC(=O)c1ccc(CNc2ccc(O)c(Cl)c2)[nH]1. The minimum atomic E-state index is -0.404. The van der Waals surface area contributed by atoms with E-state index < -0.39 is 5.97 Å². The fraction of sp³-hybridized carbons (Fsp3) is 0.154. The molecule has 1 aromatic carbocycles. The average Bonchev–Trinajstić information content (AvgIpc) is 2.88. The maximum atomic E-state index is 11.3. The number of ether oxygens (including phenoxy) is 1. The highest BCUT2D eigenvalue weighted by Gasteiger charge is 2.07. The molecule has 0 radical (unpaired) electrons. The number of phenols is 1. The Kier molecular flexibility index (Phi) is 3.97. The van der Waals surface area contributed by atoms with E-state index in [9.17, 15) is 9.90 Å². The normalized spacial score (nSPS) is 10.2. The van der Waals surface area contributed by atoms with E-state index in [2.05, 4.69) is 15.0 Å². The Hall–Kier alpha value is -2.14. The average molecular weight is 281 g/mol. The topological polar surface area (TPSA) is 74.3 Å². The van der Waals surface area contributed by atoms with Crippen molar-refractivity contribution < 1.29 is 14.6 Å². The molecule has 0 bridgehead atoms. The first-order valence-corrected chi connectivity index (χ1v) is 5.96. The van der Waals surface area contributed by atoms with Gasteiger partial charge in [-0.15, -0.1) is 0 Å². The zero-order valence-corrected chi connectivity index (χ0v) is 11.0. The van der Waals surface area contributed by atoms with E-state index in [1.807, 2.05) is 0 Å². The maximum absolute atomic E-state index is 11.3. The van der Waals surface area contributed by atoms with E-state index in [-0.39, 0.29) is 10.8 Å². The highest BCUT2D eigenvalue weighted by Crippen LogP contribution is 2.26. The van der Waals surface area contributed by atoms with Crippen LogP contribution in [0.4, 0.5) is 5.69 Å². The Labute approximate surface area is 115 Å². The van der Waals surface area contributed by atoms with Crippen molar-refractivity contribution in [1.82, 2.24) is 4.98 Å². The monoisotopic (exact) mass is 280 g/mol. The molecule has 0 atom stereocenters. The summed E-state index contributed by atoms with van der Waals surface area (Å²) in [6.07, 6.45) is 0. The fourth-order valence-electron chi connectivity index (χ4n) is 1.59. The van der Waals surface area contributed by atoms with E-state index in [4.69, 9.17) is 11.6 Å². The van der Waals surface area contributed by atoms with Gasteiger partial charge in [-0.3, -0.25) is 0 Å². The second kappa shape index (κ2) is 5.67. The Bertz CT molecular complexity index is 595. The van der Waals surface area contributed by atoms with Crippen LogP contribution in [0.25, 0.3) is 0 Å². The number of esters is 1. The van der Waals surface area contributed by atoms with Crippen molar-refractivity contribution in [3.63, 3.8) is 0 Å². The second-order valence-corrected chi connectivity index (χ2v) is 4.32. The van der Waals surface area contributed by atoms with Gasteiger partial charge in [-0.05, 0) is 30.3 Å². The molecule has 2 aromatic rings. The molecule has 6 heteroatoms. The molecular weight excluding hydrogens is 268 g/mol. The van der Waals surface area contributed by atoms with Crippen molar-refractivity contribution in [1.29, 1.82) is 0 Å². The number of phenolic OH excluding ortho intramolecular Hbond substituents is 1. The Morgan fingerprint density at radius 1 is 1.42 bits per heavy atom. The lowest BCUT2D eigenvalue weighted by Gasteiger charge is -2.06. The number of aromatic nitrogens is 1. The molecule has 0 saturated heterocycles. The van der Waals surface area contributed by atoms with Crippen molar-refractivity contribution in [3.05, 3.63) is 46.7 Å². The van der Waals surface area contributed by atoms with Crippen LogP contribution in [0.5, 0.6) is 5.75 Å². The number of nitrogens with one attached hydrogen (secondary N) is 2. The number of carbonyl (C=O) groups excluding carboxylic acids is 1. The van der Waals surface area contributed by atoms with Crippen LogP contribution >= 0.6 is 11.6 Å². The van der Waals surface area contributed by atoms with Crippen molar-refractivity contribution in [2.24, 2.45) is 0 Å². The predicted octanol–water partition coefficient (Wildman–Crippen LogP) is 2.77. The molecule has 0 spiro atoms. The van der Waals surface area contributed by atoms with Gasteiger partial charge in [0.05, 0.1) is 18.7 Å². The van der Waals surface area contributed by atoms with Gasteiger partial charge < -0.3 is 20.1 Å². The summed E-state index contributed by atoms with van der Waals surface area (Å²) < 4.78 is 4.61. The van der Waals surface area contributed by atoms with Crippen molar-refractivity contribution in [2.75, 3.05) is 12.4 Å². The number of rotatable bonds is 4. The van der Waals surface area contributed by atoms with Crippen LogP contribution in [-0.4, -0.2) is 23.2 Å². The van der Waals surface area contributed by atoms with Gasteiger partial charge in [-0.1, -0.05) is 11.6 Å². The molecule has 0 unspecified atom stereocenters. The molecule has 100 valence electrons. The van der Waals surface area contributed by atoms with Crippen LogP contribution in [-0.2, 0) is 11.3 Å². The Morgan fingerprint density at radius 3 is 2.89 bits per heavy atom. The number of carbonyl (C=O) groups is 1. The summed E-state index contributed by atoms with van der Waals surface area (Å²) in [5.41, 5.74) is 2.02. The van der Waals surface area contributed by atoms with Crippen LogP contribution < -0.4 is 5.32 Å². The molecule has 1 aromatic heterocycles. The lowest BCUT2D eigenvalue weighted by molar-refractivity contribution is 0.0594. The number of aromatic amines is 1. The van der Waals surface area contributed by atoms with E-state index in [0.717, 1.165) is 11.4 Å². The molecule has 0 fully saturated rings. The predicted molar refractivity (Wildman–Crippen MR) is 72.6 cm³/mol. The smallest absolute Gasteiger partial charge is 0.354 e. The molecule has 0 saturated carbocycles. The fourth-order valence-corrected chi connectivity index (χ4v) is 1.77. The third kappa shape index (κ3) is 3.20. The Morgan fingerprint density at radius 2 is 2.21 bits per heavy atom. The number of anilines is 1. The van der Waals surface area contributed by atoms with Crippen LogP contribution in [0.15, 0.2) is 30.3 Å². The lowest BCUT2D eigenvalue weighted by Crippen LogP contribution is -2.03. The van der Waals surface area contributed by atoms with Crippen molar-refractivity contribution >= 4 is 23.3 Å². The minimum absolute atomic E-state index is 0.0417. The molecule has 0 aliphatic rings. The molecule has 0 aliphatic heterocycles. The zero-order valence-electron chi connectivity index (χ0n) is 10.2. The van der Waals surface area contributed by atoms with Gasteiger partial charge in [-0.2, -0.15) is 0 Å². The van der Waals surface area contributed by atoms with Gasteiger partial charge in [-0.25, -0.2) is 4.79 Å². The summed E-state index contributed by atoms with van der Waals surface area (Å²) in [5, 5.41) is 12.7. The standard InChI is InChI=1S/C13H13ClN2O3/c1-19-13(18)11-4-2-9(16-11)7-15-8-3-5-12(17)10(14)6-8/h2-6,15-17H,7H2,1H3. The number of methoxy groups -OCH3 is 1. The molecule has 19 heavy (non-hydrogen) atoms. The number of hydrogen-bond acceptors (Lipinski definition) is 4. The summed E-state index contributed by atoms with van der Waals surface area (Å²) >= 11 is 5.80. The molecule has 0 amide bonds. The highest BCUT2D eigenvalue weighted by atomic mass is 35.5. The van der Waals surface area contributed by atoms with E-state index in [1.165, 1.54) is 13.2 Å². The molecule has 1 heterocycles. The number of benzene rings is 1. The first-order chi connectivity index (χ1) is 9.10. The second-order valence-electron chi connectivity index (χ2n) is 3.91. The van der Waals surface area contributed by atoms with Gasteiger partial charge in [0.1, 0.15) is 11.4 Å². The first-order valence-electron chi connectivity index (χ1n) is 5.58. The quantitative estimate of drug-likeness (QED) is 0.595. The van der Waals surface area contributed by atoms with Crippen LogP contribution in [0.3, 0.4) is 0 Å². The van der Waals surface area contributed by atoms with Crippen LogP contribution in [0.2, 0.25) is 5.02 Å². The molecule has 3 N–H and O–H groups in total. The third-order valence-electron chi connectivity index (χ3n) is 2.58. The maximum Gasteiger partial charge on any atom is 0.354 e. The summed E-state index contributed by atoms with van der Waals surface area (Å²) in [5.74, 6) is -0.362. The number of aromatic hydroxyl groups is 1. The number of H-pyrrole nitrogens is 1. The van der Waals surface area contributed by atoms with E-state index in [1.54, 1.807) is 24.3 Å². The molecule has 5 nitrogen and oxygen atoms in total. The summed E-state index contributed by atoms with van der Waals surface area (Å²) in [7, 11) is 1.33. The minimum Gasteiger partial charge on any atom is -0.506 e. The zero-order chi connectivity index (χ0) is 13.8. The summed E-state index contributed by atoms with van der Waals surface area (Å²) in [4.78, 5) is 14.2. The van der Waals surface area contributed by atoms with Gasteiger partial charge in [0.2, 0.25) is 0 Å². The summed E-state index contributed by atoms with van der Waals surface area (Å²) in [6.45, 7) is 0.498. The van der Waals surface area contributed by atoms with Crippen molar-refractivity contribution in [3.8, 4) is 5.75 Å². The van der Waals surface area contributed by atoms with Crippen molar-refractivity contribution in [2.45, 2.75) is 6.54 Å². The molecule has 0 aliphatic carbocycles.